The molecule has 0 atom stereocenters. The summed E-state index contributed by atoms with van der Waals surface area (Å²) in [6.07, 6.45) is -0.0101. The third kappa shape index (κ3) is 25.7. The van der Waals surface area contributed by atoms with Gasteiger partial charge < -0.3 is 52.5 Å². The highest BCUT2D eigenvalue weighted by atomic mass is 16.6. The van der Waals surface area contributed by atoms with Crippen LogP contribution >= 0.6 is 0 Å². The fraction of sp³-hybridized carbons (Fsp3) is 0.690. The Morgan fingerprint density at radius 1 is 0.442 bits per heavy atom. The summed E-state index contributed by atoms with van der Waals surface area (Å²) in [5.41, 5.74) is 0.291. The fourth-order valence-corrected chi connectivity index (χ4v) is 2.99. The van der Waals surface area contributed by atoms with E-state index in [0.717, 1.165) is 0 Å². The molecule has 0 bridgehead atoms. The van der Waals surface area contributed by atoms with Crippen LogP contribution in [0.5, 0.6) is 0 Å². The van der Waals surface area contributed by atoms with Gasteiger partial charge in [-0.25, -0.2) is 4.79 Å². The van der Waals surface area contributed by atoms with E-state index in [1.54, 1.807) is 30.3 Å². The Bertz CT molecular complexity index is 808. The number of aliphatic carboxylic acids is 1. The number of carbonyl (C=O) groups excluding carboxylic acids is 2. The summed E-state index contributed by atoms with van der Waals surface area (Å²) in [5, 5.41) is 8.47. The van der Waals surface area contributed by atoms with Crippen molar-refractivity contribution in [2.45, 2.75) is 6.42 Å². The van der Waals surface area contributed by atoms with Gasteiger partial charge in [-0.1, -0.05) is 30.3 Å². The van der Waals surface area contributed by atoms with E-state index >= 15 is 0 Å². The van der Waals surface area contributed by atoms with Crippen LogP contribution in [0.25, 0.3) is 0 Å². The molecule has 1 aromatic rings. The van der Waals surface area contributed by atoms with Crippen molar-refractivity contribution in [2.75, 3.05) is 126 Å². The van der Waals surface area contributed by atoms with Crippen LogP contribution in [-0.2, 0) is 57.0 Å². The molecule has 0 aromatic heterocycles. The number of Topliss-reactive ketones (excluding diaryl/α,β-unsaturated/α-hetero) is 1. The lowest BCUT2D eigenvalue weighted by Gasteiger charge is -2.09. The zero-order valence-corrected chi connectivity index (χ0v) is 24.8. The van der Waals surface area contributed by atoms with Crippen molar-refractivity contribution in [1.29, 1.82) is 0 Å². The van der Waals surface area contributed by atoms with Crippen LogP contribution in [-0.4, -0.2) is 148 Å². The van der Waals surface area contributed by atoms with Gasteiger partial charge in [-0.05, 0) is 0 Å². The van der Waals surface area contributed by atoms with Gasteiger partial charge in [0.25, 0.3) is 5.78 Å². The Kier molecular flexibility index (Phi) is 26.4. The van der Waals surface area contributed by atoms with Gasteiger partial charge in [-0.15, -0.1) is 0 Å². The van der Waals surface area contributed by atoms with Gasteiger partial charge >= 0.3 is 11.9 Å². The zero-order valence-electron chi connectivity index (χ0n) is 24.8. The maximum Gasteiger partial charge on any atom is 0.379 e. The zero-order chi connectivity index (χ0) is 31.1. The van der Waals surface area contributed by atoms with Crippen molar-refractivity contribution in [3.8, 4) is 0 Å². The Hall–Kier alpha value is -2.53. The molecule has 0 saturated carbocycles. The van der Waals surface area contributed by atoms with E-state index in [-0.39, 0.29) is 26.2 Å². The molecule has 1 rings (SSSR count). The number of ether oxygens (including phenoxy) is 10. The number of hydrogen-bond donors (Lipinski definition) is 1. The second kappa shape index (κ2) is 29.5. The first-order valence-electron chi connectivity index (χ1n) is 14.3. The van der Waals surface area contributed by atoms with Crippen LogP contribution in [0.4, 0.5) is 0 Å². The summed E-state index contributed by atoms with van der Waals surface area (Å²) in [7, 11) is 0. The van der Waals surface area contributed by atoms with Crippen LogP contribution in [0.15, 0.2) is 30.3 Å². The lowest BCUT2D eigenvalue weighted by atomic mass is 10.1. The summed E-state index contributed by atoms with van der Waals surface area (Å²) in [6, 6.07) is 8.23. The quantitative estimate of drug-likeness (QED) is 0.0527. The highest BCUT2D eigenvalue weighted by molar-refractivity contribution is 6.40. The highest BCUT2D eigenvalue weighted by Crippen LogP contribution is 2.01. The maximum atomic E-state index is 11.9. The molecule has 0 amide bonds. The van der Waals surface area contributed by atoms with Crippen molar-refractivity contribution < 1.29 is 66.9 Å². The molecule has 246 valence electrons. The SMILES string of the molecule is O=C(O)CCOCCOCCOCCOCCOCCOCCOCCOCCOCCOC(=O)C(=O)c1ccccc1. The second-order valence-electron chi connectivity index (χ2n) is 8.49. The van der Waals surface area contributed by atoms with Gasteiger partial charge in [0.1, 0.15) is 6.61 Å². The van der Waals surface area contributed by atoms with E-state index in [2.05, 4.69) is 0 Å². The number of ketones is 1. The normalized spacial score (nSPS) is 11.1. The fourth-order valence-electron chi connectivity index (χ4n) is 2.99. The van der Waals surface area contributed by atoms with Gasteiger partial charge in [0, 0.05) is 5.56 Å². The molecular weight excluding hydrogens is 572 g/mol. The molecule has 0 radical (unpaired) electrons. The summed E-state index contributed by atoms with van der Waals surface area (Å²) in [4.78, 5) is 33.9. The number of esters is 1. The molecule has 1 N–H and O–H groups in total. The number of hydrogen-bond acceptors (Lipinski definition) is 13. The number of carbonyl (C=O) groups is 3. The van der Waals surface area contributed by atoms with E-state index < -0.39 is 17.7 Å². The van der Waals surface area contributed by atoms with Crippen molar-refractivity contribution >= 4 is 17.7 Å². The molecule has 0 aliphatic heterocycles. The minimum absolute atomic E-state index is 0.00811. The first-order chi connectivity index (χ1) is 21.1. The molecule has 0 fully saturated rings. The third-order valence-electron chi connectivity index (χ3n) is 5.12. The van der Waals surface area contributed by atoms with Crippen LogP contribution in [0.1, 0.15) is 16.8 Å². The van der Waals surface area contributed by atoms with Gasteiger partial charge in [-0.2, -0.15) is 0 Å². The number of rotatable bonds is 32. The molecule has 0 saturated heterocycles. The molecule has 0 heterocycles. The van der Waals surface area contributed by atoms with Gasteiger partial charge in [-0.3, -0.25) is 9.59 Å². The molecular formula is C29H46O14. The van der Waals surface area contributed by atoms with E-state index in [1.165, 1.54) is 0 Å². The van der Waals surface area contributed by atoms with Crippen LogP contribution in [0.3, 0.4) is 0 Å². The van der Waals surface area contributed by atoms with Crippen molar-refractivity contribution in [3.63, 3.8) is 0 Å². The molecule has 1 aromatic carbocycles. The maximum absolute atomic E-state index is 11.9. The first-order valence-corrected chi connectivity index (χ1v) is 14.3. The predicted molar refractivity (Wildman–Crippen MR) is 151 cm³/mol. The smallest absolute Gasteiger partial charge is 0.379 e. The van der Waals surface area contributed by atoms with Crippen molar-refractivity contribution in [3.05, 3.63) is 35.9 Å². The minimum Gasteiger partial charge on any atom is -0.481 e. The molecule has 0 spiro atoms. The third-order valence-corrected chi connectivity index (χ3v) is 5.12. The van der Waals surface area contributed by atoms with Gasteiger partial charge in [0.2, 0.25) is 0 Å². The number of carboxylic acids is 1. The van der Waals surface area contributed by atoms with E-state index in [0.29, 0.717) is 111 Å². The van der Waals surface area contributed by atoms with Crippen molar-refractivity contribution in [1.82, 2.24) is 0 Å². The first kappa shape index (κ1) is 38.5. The molecule has 14 heteroatoms. The average Bonchev–Trinajstić information content (AvgIpc) is 3.01. The second-order valence-corrected chi connectivity index (χ2v) is 8.49. The monoisotopic (exact) mass is 618 g/mol. The molecule has 43 heavy (non-hydrogen) atoms. The topological polar surface area (TPSA) is 164 Å². The van der Waals surface area contributed by atoms with Crippen LogP contribution in [0.2, 0.25) is 0 Å². The molecule has 0 unspecified atom stereocenters. The molecule has 0 aliphatic rings. The Morgan fingerprint density at radius 2 is 0.744 bits per heavy atom. The van der Waals surface area contributed by atoms with Crippen molar-refractivity contribution in [2.24, 2.45) is 0 Å². The summed E-state index contributed by atoms with van der Waals surface area (Å²) < 4.78 is 53.1. The predicted octanol–water partition coefficient (Wildman–Crippen LogP) is 1.04. The molecule has 14 nitrogen and oxygen atoms in total. The summed E-state index contributed by atoms with van der Waals surface area (Å²) in [5.74, 6) is -2.46. The molecule has 0 aliphatic carbocycles. The Balaban J connectivity index is 1.68. The van der Waals surface area contributed by atoms with E-state index in [4.69, 9.17) is 52.5 Å². The standard InChI is InChI=1S/C29H46O14/c30-27(31)6-7-34-8-9-35-10-11-36-12-13-37-14-15-38-16-17-39-18-19-40-20-21-41-22-23-42-24-25-43-29(33)28(32)26-4-2-1-3-5-26/h1-5H,6-25H2,(H,30,31). The Labute approximate surface area is 252 Å². The van der Waals surface area contributed by atoms with E-state index in [1.807, 2.05) is 0 Å². The van der Waals surface area contributed by atoms with Crippen LogP contribution in [0, 0.1) is 0 Å². The lowest BCUT2D eigenvalue weighted by Crippen LogP contribution is -2.20. The average molecular weight is 619 g/mol. The van der Waals surface area contributed by atoms with Gasteiger partial charge in [0.15, 0.2) is 0 Å². The Morgan fingerprint density at radius 3 is 1.07 bits per heavy atom. The lowest BCUT2D eigenvalue weighted by molar-refractivity contribution is -0.140. The summed E-state index contributed by atoms with van der Waals surface area (Å²) in [6.45, 7) is 7.19. The number of benzene rings is 1. The summed E-state index contributed by atoms with van der Waals surface area (Å²) >= 11 is 0. The van der Waals surface area contributed by atoms with Crippen LogP contribution < -0.4 is 0 Å². The minimum atomic E-state index is -0.903. The van der Waals surface area contributed by atoms with E-state index in [9.17, 15) is 14.4 Å². The number of carboxylic acid groups (broad SMARTS) is 1. The van der Waals surface area contributed by atoms with Gasteiger partial charge in [0.05, 0.1) is 125 Å². The highest BCUT2D eigenvalue weighted by Gasteiger charge is 2.17. The largest absolute Gasteiger partial charge is 0.481 e.